The third-order valence-corrected chi connectivity index (χ3v) is 10.8. The molecule has 0 unspecified atom stereocenters. The first kappa shape index (κ1) is 29.5. The summed E-state index contributed by atoms with van der Waals surface area (Å²) in [6.45, 7) is 4.74. The zero-order chi connectivity index (χ0) is 34.1. The normalized spacial score (nSPS) is 13.1. The molecule has 1 aliphatic rings. The molecule has 0 amide bonds. The van der Waals surface area contributed by atoms with Gasteiger partial charge in [-0.1, -0.05) is 147 Å². The Morgan fingerprint density at radius 1 is 0.431 bits per heavy atom. The fraction of sp³-hybridized carbons (Fsp3) is 0.0612. The summed E-state index contributed by atoms with van der Waals surface area (Å²) in [5.41, 5.74) is 12.8. The van der Waals surface area contributed by atoms with Gasteiger partial charge in [-0.25, -0.2) is 0 Å². The molecule has 1 heterocycles. The fourth-order valence-corrected chi connectivity index (χ4v) is 8.42. The predicted octanol–water partition coefficient (Wildman–Crippen LogP) is 13.8. The molecule has 2 nitrogen and oxygen atoms in total. The van der Waals surface area contributed by atoms with Crippen molar-refractivity contribution in [2.75, 3.05) is 4.90 Å². The first-order chi connectivity index (χ1) is 25.1. The lowest BCUT2D eigenvalue weighted by atomic mass is 9.81. The maximum absolute atomic E-state index is 7.01. The van der Waals surface area contributed by atoms with Crippen LogP contribution in [0.25, 0.3) is 66.1 Å². The van der Waals surface area contributed by atoms with Gasteiger partial charge in [-0.15, -0.1) is 0 Å². The lowest BCUT2D eigenvalue weighted by Gasteiger charge is -2.28. The van der Waals surface area contributed by atoms with Crippen LogP contribution in [0.3, 0.4) is 0 Å². The molecule has 0 saturated carbocycles. The van der Waals surface area contributed by atoms with E-state index in [1.807, 2.05) is 0 Å². The monoisotopic (exact) mass is 653 g/mol. The van der Waals surface area contributed by atoms with E-state index in [0.717, 1.165) is 44.9 Å². The Morgan fingerprint density at radius 2 is 0.941 bits per heavy atom. The van der Waals surface area contributed by atoms with Crippen LogP contribution in [0.4, 0.5) is 17.1 Å². The van der Waals surface area contributed by atoms with Crippen molar-refractivity contribution in [1.29, 1.82) is 0 Å². The molecule has 0 N–H and O–H groups in total. The second-order valence-electron chi connectivity index (χ2n) is 14.1. The van der Waals surface area contributed by atoms with Crippen molar-refractivity contribution in [3.05, 3.63) is 187 Å². The van der Waals surface area contributed by atoms with Gasteiger partial charge in [0.1, 0.15) is 11.3 Å². The Labute approximate surface area is 297 Å². The summed E-state index contributed by atoms with van der Waals surface area (Å²) in [5, 5.41) is 5.96. The lowest BCUT2D eigenvalue weighted by Crippen LogP contribution is -2.16. The van der Waals surface area contributed by atoms with Crippen molar-refractivity contribution in [3.63, 3.8) is 0 Å². The summed E-state index contributed by atoms with van der Waals surface area (Å²) < 4.78 is 7.01. The first-order valence-corrected chi connectivity index (χ1v) is 17.7. The van der Waals surface area contributed by atoms with Gasteiger partial charge < -0.3 is 9.32 Å². The van der Waals surface area contributed by atoms with E-state index in [9.17, 15) is 0 Å². The molecular weight excluding hydrogens is 619 g/mol. The van der Waals surface area contributed by atoms with Crippen LogP contribution in [0.15, 0.2) is 180 Å². The zero-order valence-corrected chi connectivity index (χ0v) is 28.6. The highest BCUT2D eigenvalue weighted by Gasteiger charge is 2.37. The number of hydrogen-bond donors (Lipinski definition) is 0. The number of hydrogen-bond acceptors (Lipinski definition) is 2. The third kappa shape index (κ3) is 4.50. The summed E-state index contributed by atoms with van der Waals surface area (Å²) in [6.07, 6.45) is 0. The number of fused-ring (bicyclic) bond motifs is 9. The van der Waals surface area contributed by atoms with Gasteiger partial charge in [-0.3, -0.25) is 0 Å². The summed E-state index contributed by atoms with van der Waals surface area (Å²) in [5.74, 6) is 0.907. The van der Waals surface area contributed by atoms with Crippen LogP contribution in [-0.4, -0.2) is 0 Å². The minimum Gasteiger partial charge on any atom is -0.455 e. The van der Waals surface area contributed by atoms with Crippen molar-refractivity contribution >= 4 is 49.6 Å². The Bertz CT molecular complexity index is 2720. The highest BCUT2D eigenvalue weighted by Crippen LogP contribution is 2.53. The van der Waals surface area contributed by atoms with Crippen LogP contribution in [0.5, 0.6) is 0 Å². The van der Waals surface area contributed by atoms with Gasteiger partial charge in [0.2, 0.25) is 0 Å². The second-order valence-corrected chi connectivity index (χ2v) is 14.1. The van der Waals surface area contributed by atoms with Crippen molar-refractivity contribution in [3.8, 4) is 33.6 Å². The molecule has 0 radical (unpaired) electrons. The quantitative estimate of drug-likeness (QED) is 0.172. The lowest BCUT2D eigenvalue weighted by molar-refractivity contribution is 0.636. The van der Waals surface area contributed by atoms with Gasteiger partial charge in [-0.2, -0.15) is 0 Å². The number of nitrogens with zero attached hydrogens (tertiary/aromatic N) is 1. The molecule has 0 saturated heterocycles. The van der Waals surface area contributed by atoms with Gasteiger partial charge in [0.05, 0.1) is 0 Å². The minimum absolute atomic E-state index is 0.225. The molecule has 242 valence electrons. The Kier molecular flexibility index (Phi) is 6.56. The van der Waals surface area contributed by atoms with Crippen LogP contribution in [0.2, 0.25) is 0 Å². The molecule has 0 fully saturated rings. The highest BCUT2D eigenvalue weighted by molar-refractivity contribution is 6.28. The molecule has 0 bridgehead atoms. The van der Waals surface area contributed by atoms with Crippen LogP contribution in [-0.2, 0) is 5.41 Å². The molecule has 0 spiro atoms. The molecule has 2 heteroatoms. The van der Waals surface area contributed by atoms with E-state index in [-0.39, 0.29) is 5.41 Å². The third-order valence-electron chi connectivity index (χ3n) is 10.8. The average Bonchev–Trinajstić information content (AvgIpc) is 3.70. The number of furan rings is 1. The molecule has 10 rings (SSSR count). The highest BCUT2D eigenvalue weighted by atomic mass is 16.3. The maximum Gasteiger partial charge on any atom is 0.143 e. The van der Waals surface area contributed by atoms with E-state index < -0.39 is 0 Å². The van der Waals surface area contributed by atoms with Crippen molar-refractivity contribution < 1.29 is 4.42 Å². The average molecular weight is 654 g/mol. The van der Waals surface area contributed by atoms with Crippen LogP contribution in [0, 0.1) is 0 Å². The molecule has 0 aliphatic heterocycles. The Morgan fingerprint density at radius 3 is 1.59 bits per heavy atom. The molecule has 9 aromatic rings. The largest absolute Gasteiger partial charge is 0.455 e. The molecule has 8 aromatic carbocycles. The summed E-state index contributed by atoms with van der Waals surface area (Å²) in [4.78, 5) is 2.35. The second kappa shape index (κ2) is 11.3. The Balaban J connectivity index is 1.19. The first-order valence-electron chi connectivity index (χ1n) is 17.7. The summed E-state index contributed by atoms with van der Waals surface area (Å²) in [6, 6.07) is 63.3. The van der Waals surface area contributed by atoms with Crippen LogP contribution in [0.1, 0.15) is 25.0 Å². The number of benzene rings is 8. The van der Waals surface area contributed by atoms with Crippen molar-refractivity contribution in [2.45, 2.75) is 19.3 Å². The molecule has 0 atom stereocenters. The molecule has 1 aromatic heterocycles. The number of para-hydroxylation sites is 2. The van der Waals surface area contributed by atoms with Gasteiger partial charge >= 0.3 is 0 Å². The standard InChI is InChI=1S/C49H35NO/c1-49(2)43-30-33(26-28-39(43)40-29-27-36(31-44(40)49)50(34-18-8-4-9-19-34)35-20-10-5-11-21-35)45-46-41-24-14-12-22-37(41)38-23-13-15-25-42(38)48(46)51-47(45)32-16-6-3-7-17-32/h3-31H,1-2H3. The van der Waals surface area contributed by atoms with Gasteiger partial charge in [0, 0.05) is 44.4 Å². The Hall–Kier alpha value is -6.38. The van der Waals surface area contributed by atoms with Crippen LogP contribution >= 0.6 is 0 Å². The van der Waals surface area contributed by atoms with Gasteiger partial charge in [0.25, 0.3) is 0 Å². The van der Waals surface area contributed by atoms with Crippen molar-refractivity contribution in [1.82, 2.24) is 0 Å². The smallest absolute Gasteiger partial charge is 0.143 e. The van der Waals surface area contributed by atoms with E-state index in [1.165, 1.54) is 49.4 Å². The van der Waals surface area contributed by atoms with E-state index >= 15 is 0 Å². The van der Waals surface area contributed by atoms with E-state index in [4.69, 9.17) is 4.42 Å². The summed E-state index contributed by atoms with van der Waals surface area (Å²) in [7, 11) is 0. The molecule has 51 heavy (non-hydrogen) atoms. The maximum atomic E-state index is 7.01. The van der Waals surface area contributed by atoms with Gasteiger partial charge in [0.15, 0.2) is 0 Å². The SMILES string of the molecule is CC1(C)c2cc(-c3c(-c4ccccc4)oc4c5ccccc5c5ccccc5c34)ccc2-c2ccc(N(c3ccccc3)c3ccccc3)cc21. The van der Waals surface area contributed by atoms with E-state index in [2.05, 4.69) is 195 Å². The van der Waals surface area contributed by atoms with E-state index in [0.29, 0.717) is 0 Å². The molecular formula is C49H35NO. The number of anilines is 3. The minimum atomic E-state index is -0.225. The topological polar surface area (TPSA) is 16.4 Å². The van der Waals surface area contributed by atoms with E-state index in [1.54, 1.807) is 0 Å². The number of rotatable bonds is 5. The predicted molar refractivity (Wildman–Crippen MR) is 214 cm³/mol. The van der Waals surface area contributed by atoms with Gasteiger partial charge in [-0.05, 0) is 86.4 Å². The van der Waals surface area contributed by atoms with Crippen molar-refractivity contribution in [2.24, 2.45) is 0 Å². The molecule has 1 aliphatic carbocycles. The summed E-state index contributed by atoms with van der Waals surface area (Å²) >= 11 is 0. The van der Waals surface area contributed by atoms with Crippen LogP contribution < -0.4 is 4.90 Å². The fourth-order valence-electron chi connectivity index (χ4n) is 8.42. The zero-order valence-electron chi connectivity index (χ0n) is 28.6.